The number of hydrogen-bond acceptors (Lipinski definition) is 3. The molecule has 2 rings (SSSR count). The molecular formula is C16H27N3. The minimum Gasteiger partial charge on any atom is -0.371 e. The zero-order valence-corrected chi connectivity index (χ0v) is 12.6. The highest BCUT2D eigenvalue weighted by molar-refractivity contribution is 5.52. The molecule has 0 aromatic carbocycles. The van der Waals surface area contributed by atoms with Crippen LogP contribution in [0.25, 0.3) is 0 Å². The Morgan fingerprint density at radius 1 is 1.32 bits per heavy atom. The van der Waals surface area contributed by atoms with E-state index in [2.05, 4.69) is 42.0 Å². The van der Waals surface area contributed by atoms with Gasteiger partial charge in [0.15, 0.2) is 0 Å². The maximum atomic E-state index is 4.28. The summed E-state index contributed by atoms with van der Waals surface area (Å²) in [5, 5.41) is 3.41. The van der Waals surface area contributed by atoms with Crippen molar-refractivity contribution in [2.75, 3.05) is 24.5 Å². The minimum absolute atomic E-state index is 0.490. The van der Waals surface area contributed by atoms with E-state index in [4.69, 9.17) is 0 Å². The second-order valence-electron chi connectivity index (χ2n) is 6.29. The zero-order valence-electron chi connectivity index (χ0n) is 12.6. The molecule has 3 nitrogen and oxygen atoms in total. The Hall–Kier alpha value is -1.09. The van der Waals surface area contributed by atoms with Crippen molar-refractivity contribution in [3.05, 3.63) is 24.0 Å². The molecular weight excluding hydrogens is 234 g/mol. The van der Waals surface area contributed by atoms with Crippen LogP contribution in [-0.4, -0.2) is 24.6 Å². The van der Waals surface area contributed by atoms with Gasteiger partial charge in [-0.2, -0.15) is 0 Å². The summed E-state index contributed by atoms with van der Waals surface area (Å²) in [5.41, 5.74) is 3.18. The maximum absolute atomic E-state index is 4.28. The first-order valence-electron chi connectivity index (χ1n) is 7.51. The highest BCUT2D eigenvalue weighted by Crippen LogP contribution is 2.32. The number of anilines is 1. The van der Waals surface area contributed by atoms with E-state index in [1.54, 1.807) is 0 Å². The number of nitrogens with one attached hydrogen (secondary N) is 1. The molecule has 1 aromatic rings. The Labute approximate surface area is 117 Å². The summed E-state index contributed by atoms with van der Waals surface area (Å²) in [4.78, 5) is 6.82. The van der Waals surface area contributed by atoms with E-state index in [0.717, 1.165) is 19.6 Å². The summed E-state index contributed by atoms with van der Waals surface area (Å²) >= 11 is 0. The summed E-state index contributed by atoms with van der Waals surface area (Å²) in [6.07, 6.45) is 7.82. The van der Waals surface area contributed by atoms with Crippen LogP contribution in [0, 0.1) is 5.41 Å². The largest absolute Gasteiger partial charge is 0.371 e. The number of nitrogens with zero attached hydrogens (tertiary/aromatic N) is 2. The number of aromatic nitrogens is 1. The SMILES string of the molecule is CCNCc1cnccc1N1CCCC(C)(C)CC1. The fourth-order valence-electron chi connectivity index (χ4n) is 2.79. The maximum Gasteiger partial charge on any atom is 0.0442 e. The molecule has 0 aliphatic carbocycles. The van der Waals surface area contributed by atoms with E-state index < -0.39 is 0 Å². The molecule has 106 valence electrons. The van der Waals surface area contributed by atoms with Crippen molar-refractivity contribution in [3.8, 4) is 0 Å². The Morgan fingerprint density at radius 2 is 2.16 bits per heavy atom. The minimum atomic E-state index is 0.490. The molecule has 3 heteroatoms. The van der Waals surface area contributed by atoms with Gasteiger partial charge in [0.25, 0.3) is 0 Å². The van der Waals surface area contributed by atoms with Crippen molar-refractivity contribution in [2.45, 2.75) is 46.6 Å². The van der Waals surface area contributed by atoms with E-state index in [9.17, 15) is 0 Å². The van der Waals surface area contributed by atoms with Gasteiger partial charge in [-0.1, -0.05) is 20.8 Å². The predicted octanol–water partition coefficient (Wildman–Crippen LogP) is 3.21. The van der Waals surface area contributed by atoms with Gasteiger partial charge in [-0.3, -0.25) is 4.98 Å². The molecule has 2 heterocycles. The highest BCUT2D eigenvalue weighted by Gasteiger charge is 2.23. The van der Waals surface area contributed by atoms with E-state index in [0.29, 0.717) is 5.41 Å². The lowest BCUT2D eigenvalue weighted by atomic mass is 9.85. The van der Waals surface area contributed by atoms with E-state index >= 15 is 0 Å². The van der Waals surface area contributed by atoms with Crippen LogP contribution in [0.1, 0.15) is 45.6 Å². The van der Waals surface area contributed by atoms with E-state index in [1.807, 2.05) is 12.4 Å². The molecule has 1 aromatic heterocycles. The van der Waals surface area contributed by atoms with Gasteiger partial charge in [-0.15, -0.1) is 0 Å². The van der Waals surface area contributed by atoms with Crippen LogP contribution >= 0.6 is 0 Å². The average molecular weight is 261 g/mol. The van der Waals surface area contributed by atoms with Crippen molar-refractivity contribution in [1.29, 1.82) is 0 Å². The smallest absolute Gasteiger partial charge is 0.0442 e. The van der Waals surface area contributed by atoms with Crippen LogP contribution in [0.2, 0.25) is 0 Å². The van der Waals surface area contributed by atoms with E-state index in [-0.39, 0.29) is 0 Å². The lowest BCUT2D eigenvalue weighted by molar-refractivity contribution is 0.325. The molecule has 0 radical (unpaired) electrons. The highest BCUT2D eigenvalue weighted by atomic mass is 15.1. The molecule has 0 amide bonds. The Morgan fingerprint density at radius 3 is 2.95 bits per heavy atom. The zero-order chi connectivity index (χ0) is 13.7. The van der Waals surface area contributed by atoms with Crippen LogP contribution in [0.15, 0.2) is 18.5 Å². The third-order valence-corrected chi connectivity index (χ3v) is 4.12. The van der Waals surface area contributed by atoms with Crippen molar-refractivity contribution in [1.82, 2.24) is 10.3 Å². The van der Waals surface area contributed by atoms with E-state index in [1.165, 1.54) is 37.1 Å². The molecule has 1 aliphatic heterocycles. The third-order valence-electron chi connectivity index (χ3n) is 4.12. The standard InChI is InChI=1S/C16H27N3/c1-4-17-12-14-13-18-9-6-15(14)19-10-5-7-16(2,3)8-11-19/h6,9,13,17H,4-5,7-8,10-12H2,1-3H3. The monoisotopic (exact) mass is 261 g/mol. The van der Waals surface area contributed by atoms with Gasteiger partial charge in [-0.05, 0) is 37.3 Å². The molecule has 0 saturated carbocycles. The van der Waals surface area contributed by atoms with Crippen molar-refractivity contribution in [3.63, 3.8) is 0 Å². The number of pyridine rings is 1. The molecule has 1 saturated heterocycles. The van der Waals surface area contributed by atoms with Gasteiger partial charge in [0, 0.05) is 43.3 Å². The topological polar surface area (TPSA) is 28.2 Å². The molecule has 1 aliphatic rings. The van der Waals surface area contributed by atoms with Gasteiger partial charge in [0.1, 0.15) is 0 Å². The number of rotatable bonds is 4. The van der Waals surface area contributed by atoms with Crippen LogP contribution in [0.5, 0.6) is 0 Å². The van der Waals surface area contributed by atoms with Gasteiger partial charge >= 0.3 is 0 Å². The van der Waals surface area contributed by atoms with Gasteiger partial charge < -0.3 is 10.2 Å². The summed E-state index contributed by atoms with van der Waals surface area (Å²) in [6, 6.07) is 2.17. The average Bonchev–Trinajstić information content (AvgIpc) is 2.58. The van der Waals surface area contributed by atoms with Crippen molar-refractivity contribution < 1.29 is 0 Å². The molecule has 0 bridgehead atoms. The summed E-state index contributed by atoms with van der Waals surface area (Å²) < 4.78 is 0. The summed E-state index contributed by atoms with van der Waals surface area (Å²) in [6.45, 7) is 11.2. The quantitative estimate of drug-likeness (QED) is 0.902. The third kappa shape index (κ3) is 3.93. The molecule has 0 spiro atoms. The van der Waals surface area contributed by atoms with Gasteiger partial charge in [0.05, 0.1) is 0 Å². The first-order chi connectivity index (χ1) is 9.12. The molecule has 19 heavy (non-hydrogen) atoms. The normalized spacial score (nSPS) is 19.2. The first-order valence-corrected chi connectivity index (χ1v) is 7.51. The predicted molar refractivity (Wildman–Crippen MR) is 81.5 cm³/mol. The molecule has 1 N–H and O–H groups in total. The van der Waals surface area contributed by atoms with Crippen LogP contribution in [0.3, 0.4) is 0 Å². The van der Waals surface area contributed by atoms with Crippen LogP contribution < -0.4 is 10.2 Å². The fraction of sp³-hybridized carbons (Fsp3) is 0.688. The Balaban J connectivity index is 2.12. The molecule has 0 unspecified atom stereocenters. The second-order valence-corrected chi connectivity index (χ2v) is 6.29. The van der Waals surface area contributed by atoms with Crippen LogP contribution in [0.4, 0.5) is 5.69 Å². The van der Waals surface area contributed by atoms with Crippen LogP contribution in [-0.2, 0) is 6.54 Å². The van der Waals surface area contributed by atoms with Crippen molar-refractivity contribution in [2.24, 2.45) is 5.41 Å². The lowest BCUT2D eigenvalue weighted by Crippen LogP contribution is -2.27. The van der Waals surface area contributed by atoms with Crippen molar-refractivity contribution >= 4 is 5.69 Å². The Bertz CT molecular complexity index is 401. The first kappa shape index (κ1) is 14.3. The molecule has 0 atom stereocenters. The summed E-state index contributed by atoms with van der Waals surface area (Å²) in [7, 11) is 0. The number of hydrogen-bond donors (Lipinski definition) is 1. The summed E-state index contributed by atoms with van der Waals surface area (Å²) in [5.74, 6) is 0. The molecule has 1 fully saturated rings. The lowest BCUT2D eigenvalue weighted by Gasteiger charge is -2.26. The second kappa shape index (κ2) is 6.38. The Kier molecular flexibility index (Phi) is 4.81. The fourth-order valence-corrected chi connectivity index (χ4v) is 2.79. The van der Waals surface area contributed by atoms with Gasteiger partial charge in [0.2, 0.25) is 0 Å². The van der Waals surface area contributed by atoms with Gasteiger partial charge in [-0.25, -0.2) is 0 Å².